The summed E-state index contributed by atoms with van der Waals surface area (Å²) in [6, 6.07) is 3.72. The predicted octanol–water partition coefficient (Wildman–Crippen LogP) is 1.12. The van der Waals surface area contributed by atoms with Gasteiger partial charge >= 0.3 is 5.97 Å². The van der Waals surface area contributed by atoms with Crippen LogP contribution >= 0.6 is 0 Å². The maximum absolute atomic E-state index is 11.1. The molecule has 0 radical (unpaired) electrons. The Morgan fingerprint density at radius 2 is 2.07 bits per heavy atom. The second-order valence-electron chi connectivity index (χ2n) is 2.79. The second-order valence-corrected chi connectivity index (χ2v) is 2.79. The van der Waals surface area contributed by atoms with E-state index in [1.54, 1.807) is 0 Å². The van der Waals surface area contributed by atoms with Crippen molar-refractivity contribution in [1.29, 1.82) is 0 Å². The van der Waals surface area contributed by atoms with Gasteiger partial charge in [-0.3, -0.25) is 9.59 Å². The lowest BCUT2D eigenvalue weighted by molar-refractivity contribution is -0.120. The fraction of sp³-hybridized carbons (Fsp3) is 0.100. The molecule has 0 aliphatic rings. The Balaban J connectivity index is 3.25. The maximum Gasteiger partial charge on any atom is 0.335 e. The fourth-order valence-corrected chi connectivity index (χ4v) is 1.10. The zero-order valence-electron chi connectivity index (χ0n) is 7.89. The van der Waals surface area contributed by atoms with E-state index in [0.717, 1.165) is 6.07 Å². The van der Waals surface area contributed by atoms with Gasteiger partial charge in [-0.05, 0) is 25.1 Å². The highest BCUT2D eigenvalue weighted by molar-refractivity contribution is 5.99. The number of aromatic carboxylic acids is 1. The van der Waals surface area contributed by atoms with E-state index in [1.807, 2.05) is 0 Å². The van der Waals surface area contributed by atoms with Crippen LogP contribution in [0.15, 0.2) is 18.2 Å². The first-order valence-corrected chi connectivity index (χ1v) is 4.05. The molecule has 1 aromatic rings. The number of hydrogen-bond donors (Lipinski definition) is 1. The molecule has 0 spiro atoms. The largest absolute Gasteiger partial charge is 0.478 e. The smallest absolute Gasteiger partial charge is 0.335 e. The molecule has 0 aliphatic heterocycles. The number of ketones is 1. The molecule has 0 aromatic heterocycles. The van der Waals surface area contributed by atoms with Crippen LogP contribution in [0.5, 0.6) is 5.75 Å². The molecule has 1 rings (SSSR count). The van der Waals surface area contributed by atoms with E-state index in [-0.39, 0.29) is 29.1 Å². The van der Waals surface area contributed by atoms with Crippen LogP contribution in [0.4, 0.5) is 0 Å². The molecular formula is C10H8O5. The summed E-state index contributed by atoms with van der Waals surface area (Å²) in [6.07, 6.45) is 0. The topological polar surface area (TPSA) is 80.7 Å². The third kappa shape index (κ3) is 2.40. The van der Waals surface area contributed by atoms with Crippen LogP contribution in [0.1, 0.15) is 27.6 Å². The van der Waals surface area contributed by atoms with E-state index in [9.17, 15) is 14.4 Å². The van der Waals surface area contributed by atoms with E-state index >= 15 is 0 Å². The summed E-state index contributed by atoms with van der Waals surface area (Å²) in [5.74, 6) is -1.50. The Bertz CT molecular complexity index is 422. The molecule has 0 bridgehead atoms. The van der Waals surface area contributed by atoms with Crippen molar-refractivity contribution in [3.8, 4) is 5.75 Å². The monoisotopic (exact) mass is 208 g/mol. The molecule has 0 fully saturated rings. The third-order valence-corrected chi connectivity index (χ3v) is 1.78. The molecule has 15 heavy (non-hydrogen) atoms. The first-order chi connectivity index (χ1) is 7.06. The Labute approximate surface area is 85.3 Å². The van der Waals surface area contributed by atoms with Crippen LogP contribution in [0.3, 0.4) is 0 Å². The number of carbonyl (C=O) groups excluding carboxylic acids is 2. The summed E-state index contributed by atoms with van der Waals surface area (Å²) in [7, 11) is 0. The average Bonchev–Trinajstić information content (AvgIpc) is 2.17. The summed E-state index contributed by atoms with van der Waals surface area (Å²) < 4.78 is 4.52. The van der Waals surface area contributed by atoms with Gasteiger partial charge in [0.25, 0.3) is 6.47 Å². The summed E-state index contributed by atoms with van der Waals surface area (Å²) in [6.45, 7) is 1.45. The SMILES string of the molecule is CC(=O)c1ccc(C(=O)O)cc1OC=O. The lowest BCUT2D eigenvalue weighted by Gasteiger charge is -2.04. The van der Waals surface area contributed by atoms with Crippen molar-refractivity contribution in [3.05, 3.63) is 29.3 Å². The molecule has 0 atom stereocenters. The maximum atomic E-state index is 11.1. The van der Waals surface area contributed by atoms with Crippen molar-refractivity contribution in [2.75, 3.05) is 0 Å². The van der Waals surface area contributed by atoms with Crippen molar-refractivity contribution >= 4 is 18.2 Å². The number of ether oxygens (including phenoxy) is 1. The van der Waals surface area contributed by atoms with Crippen LogP contribution in [0, 0.1) is 0 Å². The number of benzene rings is 1. The summed E-state index contributed by atoms with van der Waals surface area (Å²) in [5.41, 5.74) is 0.129. The van der Waals surface area contributed by atoms with Gasteiger partial charge in [0.15, 0.2) is 5.78 Å². The van der Waals surface area contributed by atoms with E-state index in [2.05, 4.69) is 4.74 Å². The average molecular weight is 208 g/mol. The number of hydrogen-bond acceptors (Lipinski definition) is 4. The minimum atomic E-state index is -1.15. The van der Waals surface area contributed by atoms with E-state index < -0.39 is 5.97 Å². The molecule has 0 aliphatic carbocycles. The van der Waals surface area contributed by atoms with Gasteiger partial charge in [-0.25, -0.2) is 4.79 Å². The zero-order chi connectivity index (χ0) is 11.4. The molecule has 1 N–H and O–H groups in total. The van der Waals surface area contributed by atoms with E-state index in [0.29, 0.717) is 0 Å². The number of rotatable bonds is 4. The second kappa shape index (κ2) is 4.36. The van der Waals surface area contributed by atoms with E-state index in [4.69, 9.17) is 5.11 Å². The molecule has 0 saturated heterocycles. The normalized spacial score (nSPS) is 9.40. The van der Waals surface area contributed by atoms with Crippen molar-refractivity contribution in [3.63, 3.8) is 0 Å². The fourth-order valence-electron chi connectivity index (χ4n) is 1.10. The Morgan fingerprint density at radius 1 is 1.40 bits per heavy atom. The summed E-state index contributed by atoms with van der Waals surface area (Å²) in [4.78, 5) is 31.8. The van der Waals surface area contributed by atoms with Gasteiger partial charge < -0.3 is 9.84 Å². The first kappa shape index (κ1) is 10.9. The molecule has 5 heteroatoms. The molecule has 0 unspecified atom stereocenters. The highest BCUT2D eigenvalue weighted by Gasteiger charge is 2.12. The standard InChI is InChI=1S/C10H8O5/c1-6(12)8-3-2-7(10(13)14)4-9(8)15-5-11/h2-5H,1H3,(H,13,14). The van der Waals surface area contributed by atoms with Gasteiger partial charge in [-0.15, -0.1) is 0 Å². The van der Waals surface area contributed by atoms with Crippen LogP contribution in [-0.4, -0.2) is 23.3 Å². The number of carbonyl (C=O) groups is 3. The van der Waals surface area contributed by atoms with Crippen molar-refractivity contribution in [2.24, 2.45) is 0 Å². The van der Waals surface area contributed by atoms with Gasteiger partial charge in [0.05, 0.1) is 11.1 Å². The summed E-state index contributed by atoms with van der Waals surface area (Å²) >= 11 is 0. The van der Waals surface area contributed by atoms with Gasteiger partial charge in [-0.2, -0.15) is 0 Å². The summed E-state index contributed by atoms with van der Waals surface area (Å²) in [5, 5.41) is 8.68. The van der Waals surface area contributed by atoms with Crippen LogP contribution in [0.25, 0.3) is 0 Å². The highest BCUT2D eigenvalue weighted by atomic mass is 16.5. The highest BCUT2D eigenvalue weighted by Crippen LogP contribution is 2.20. The number of Topliss-reactive ketones (excluding diaryl/α,β-unsaturated/α-hetero) is 1. The molecular weight excluding hydrogens is 200 g/mol. The number of carboxylic acid groups (broad SMARTS) is 1. The lowest BCUT2D eigenvalue weighted by Crippen LogP contribution is -2.03. The third-order valence-electron chi connectivity index (χ3n) is 1.78. The molecule has 78 valence electrons. The Morgan fingerprint density at radius 3 is 2.53 bits per heavy atom. The first-order valence-electron chi connectivity index (χ1n) is 4.05. The van der Waals surface area contributed by atoms with Gasteiger partial charge in [-0.1, -0.05) is 0 Å². The molecule has 5 nitrogen and oxygen atoms in total. The van der Waals surface area contributed by atoms with Crippen molar-refractivity contribution in [2.45, 2.75) is 6.92 Å². The zero-order valence-corrected chi connectivity index (χ0v) is 7.89. The number of carboxylic acids is 1. The van der Waals surface area contributed by atoms with Gasteiger partial charge in [0.2, 0.25) is 0 Å². The van der Waals surface area contributed by atoms with Crippen LogP contribution in [-0.2, 0) is 4.79 Å². The molecule has 0 saturated carbocycles. The molecule has 1 aromatic carbocycles. The van der Waals surface area contributed by atoms with Crippen LogP contribution < -0.4 is 4.74 Å². The molecule has 0 amide bonds. The molecule has 0 heterocycles. The minimum Gasteiger partial charge on any atom is -0.478 e. The Kier molecular flexibility index (Phi) is 3.17. The minimum absolute atomic E-state index is 0.0441. The lowest BCUT2D eigenvalue weighted by atomic mass is 10.1. The van der Waals surface area contributed by atoms with Gasteiger partial charge in [0, 0.05) is 0 Å². The predicted molar refractivity (Wildman–Crippen MR) is 50.1 cm³/mol. The van der Waals surface area contributed by atoms with E-state index in [1.165, 1.54) is 19.1 Å². The van der Waals surface area contributed by atoms with Crippen molar-refractivity contribution < 1.29 is 24.2 Å². The van der Waals surface area contributed by atoms with Crippen molar-refractivity contribution in [1.82, 2.24) is 0 Å². The van der Waals surface area contributed by atoms with Gasteiger partial charge in [0.1, 0.15) is 5.75 Å². The quantitative estimate of drug-likeness (QED) is 0.592. The van der Waals surface area contributed by atoms with Crippen LogP contribution in [0.2, 0.25) is 0 Å². The Hall–Kier alpha value is -2.17.